The number of benzene rings is 1. The van der Waals surface area contributed by atoms with Crippen LogP contribution in [0.5, 0.6) is 5.75 Å². The van der Waals surface area contributed by atoms with Crippen LogP contribution in [0, 0.1) is 5.92 Å². The summed E-state index contributed by atoms with van der Waals surface area (Å²) in [5.41, 5.74) is 5.09. The Morgan fingerprint density at radius 1 is 1.43 bits per heavy atom. The van der Waals surface area contributed by atoms with Crippen LogP contribution in [0.15, 0.2) is 27.6 Å². The number of methoxy groups -OCH3 is 1. The first kappa shape index (κ1) is 18.4. The molecule has 0 bridgehead atoms. The molecule has 0 saturated carbocycles. The molecule has 3 N–H and O–H groups in total. The average Bonchev–Trinajstić information content (AvgIpc) is 2.37. The first-order chi connectivity index (χ1) is 9.63. The normalized spacial score (nSPS) is 15.0. The summed E-state index contributed by atoms with van der Waals surface area (Å²) in [6, 6.07) is 4.83. The monoisotopic (exact) mass is 378 g/mol. The van der Waals surface area contributed by atoms with E-state index in [0.29, 0.717) is 22.6 Å². The van der Waals surface area contributed by atoms with Gasteiger partial charge in [-0.05, 0) is 47.3 Å². The largest absolute Gasteiger partial charge is 0.497 e. The van der Waals surface area contributed by atoms with Crippen molar-refractivity contribution in [1.82, 2.24) is 4.72 Å². The van der Waals surface area contributed by atoms with Crippen molar-refractivity contribution in [1.29, 1.82) is 0 Å². The average molecular weight is 379 g/mol. The molecule has 21 heavy (non-hydrogen) atoms. The van der Waals surface area contributed by atoms with Crippen LogP contribution >= 0.6 is 15.9 Å². The first-order valence-corrected chi connectivity index (χ1v) is 8.99. The summed E-state index contributed by atoms with van der Waals surface area (Å²) in [7, 11) is -2.20. The van der Waals surface area contributed by atoms with Crippen molar-refractivity contribution in [3.05, 3.63) is 22.7 Å². The van der Waals surface area contributed by atoms with Crippen molar-refractivity contribution in [2.45, 2.75) is 37.6 Å². The highest BCUT2D eigenvalue weighted by Gasteiger charge is 2.31. The van der Waals surface area contributed by atoms with E-state index in [-0.39, 0.29) is 11.4 Å². The molecule has 1 rings (SSSR count). The molecule has 0 aliphatic heterocycles. The van der Waals surface area contributed by atoms with E-state index in [4.69, 9.17) is 10.5 Å². The molecule has 0 aliphatic rings. The van der Waals surface area contributed by atoms with Crippen LogP contribution in [0.4, 0.5) is 0 Å². The van der Waals surface area contributed by atoms with Gasteiger partial charge in [0.1, 0.15) is 5.75 Å². The fraction of sp³-hybridized carbons (Fsp3) is 0.571. The fourth-order valence-corrected chi connectivity index (χ4v) is 4.67. The molecule has 120 valence electrons. The Bertz CT molecular complexity index is 590. The molecule has 0 heterocycles. The lowest BCUT2D eigenvalue weighted by Crippen LogP contribution is -2.52. The van der Waals surface area contributed by atoms with Gasteiger partial charge in [0, 0.05) is 22.6 Å². The predicted molar refractivity (Wildman–Crippen MR) is 87.9 cm³/mol. The van der Waals surface area contributed by atoms with E-state index < -0.39 is 15.6 Å². The van der Waals surface area contributed by atoms with Crippen molar-refractivity contribution in [3.63, 3.8) is 0 Å². The van der Waals surface area contributed by atoms with Gasteiger partial charge in [-0.2, -0.15) is 0 Å². The molecule has 0 saturated heterocycles. The number of halogens is 1. The Labute approximate surface area is 135 Å². The third kappa shape index (κ3) is 4.95. The second-order valence-electron chi connectivity index (χ2n) is 5.76. The number of nitrogens with two attached hydrogens (primary N) is 1. The van der Waals surface area contributed by atoms with Gasteiger partial charge in [0.15, 0.2) is 0 Å². The van der Waals surface area contributed by atoms with Crippen LogP contribution in [-0.4, -0.2) is 27.6 Å². The van der Waals surface area contributed by atoms with E-state index in [0.717, 1.165) is 0 Å². The highest BCUT2D eigenvalue weighted by molar-refractivity contribution is 9.10. The molecule has 5 nitrogen and oxygen atoms in total. The molecule has 1 atom stereocenters. The van der Waals surface area contributed by atoms with E-state index >= 15 is 0 Å². The third-order valence-electron chi connectivity index (χ3n) is 3.12. The Kier molecular flexibility index (Phi) is 6.22. The number of hydrogen-bond acceptors (Lipinski definition) is 4. The zero-order valence-corrected chi connectivity index (χ0v) is 15.2. The molecule has 0 spiro atoms. The number of nitrogens with one attached hydrogen (secondary N) is 1. The van der Waals surface area contributed by atoms with Gasteiger partial charge in [-0.25, -0.2) is 13.1 Å². The summed E-state index contributed by atoms with van der Waals surface area (Å²) < 4.78 is 33.5. The minimum Gasteiger partial charge on any atom is -0.497 e. The van der Waals surface area contributed by atoms with Crippen LogP contribution in [-0.2, 0) is 10.0 Å². The summed E-state index contributed by atoms with van der Waals surface area (Å²) in [4.78, 5) is 0.144. The zero-order chi connectivity index (χ0) is 16.3. The highest BCUT2D eigenvalue weighted by Crippen LogP contribution is 2.28. The fourth-order valence-electron chi connectivity index (χ4n) is 2.26. The summed E-state index contributed by atoms with van der Waals surface area (Å²) in [6.45, 7) is 6.11. The van der Waals surface area contributed by atoms with E-state index in [1.54, 1.807) is 12.1 Å². The van der Waals surface area contributed by atoms with Crippen LogP contribution in [0.2, 0.25) is 0 Å². The highest BCUT2D eigenvalue weighted by atomic mass is 79.9. The maximum Gasteiger partial charge on any atom is 0.242 e. The van der Waals surface area contributed by atoms with Crippen molar-refractivity contribution in [2.24, 2.45) is 11.7 Å². The Morgan fingerprint density at radius 3 is 2.52 bits per heavy atom. The van der Waals surface area contributed by atoms with Crippen molar-refractivity contribution in [2.75, 3.05) is 13.7 Å². The van der Waals surface area contributed by atoms with Gasteiger partial charge in [0.25, 0.3) is 0 Å². The van der Waals surface area contributed by atoms with Crippen LogP contribution in [0.1, 0.15) is 27.2 Å². The molecule has 0 aromatic heterocycles. The van der Waals surface area contributed by atoms with Crippen LogP contribution < -0.4 is 15.2 Å². The van der Waals surface area contributed by atoms with Gasteiger partial charge >= 0.3 is 0 Å². The lowest BCUT2D eigenvalue weighted by atomic mass is 9.92. The topological polar surface area (TPSA) is 81.4 Å². The van der Waals surface area contributed by atoms with Gasteiger partial charge in [-0.3, -0.25) is 0 Å². The lowest BCUT2D eigenvalue weighted by Gasteiger charge is -2.31. The molecular weight excluding hydrogens is 356 g/mol. The minimum absolute atomic E-state index is 0.144. The quantitative estimate of drug-likeness (QED) is 0.763. The molecule has 0 fully saturated rings. The van der Waals surface area contributed by atoms with Crippen molar-refractivity contribution >= 4 is 26.0 Å². The SMILES string of the molecule is COc1ccc(Br)c(S(=O)(=O)NC(C)(CN)CC(C)C)c1. The van der Waals surface area contributed by atoms with Gasteiger partial charge in [-0.15, -0.1) is 0 Å². The first-order valence-electron chi connectivity index (χ1n) is 6.71. The molecule has 1 aromatic rings. The number of sulfonamides is 1. The Balaban J connectivity index is 3.16. The summed E-state index contributed by atoms with van der Waals surface area (Å²) in [5.74, 6) is 0.812. The van der Waals surface area contributed by atoms with E-state index in [9.17, 15) is 8.42 Å². The predicted octanol–water partition coefficient (Wildman–Crippen LogP) is 2.50. The number of rotatable bonds is 7. The minimum atomic E-state index is -3.70. The van der Waals surface area contributed by atoms with E-state index in [1.165, 1.54) is 13.2 Å². The van der Waals surface area contributed by atoms with Gasteiger partial charge < -0.3 is 10.5 Å². The Hall–Kier alpha value is -0.630. The van der Waals surface area contributed by atoms with Gasteiger partial charge in [0.05, 0.1) is 12.0 Å². The second kappa shape index (κ2) is 7.09. The molecular formula is C14H23BrN2O3S. The molecule has 0 radical (unpaired) electrons. The van der Waals surface area contributed by atoms with E-state index in [2.05, 4.69) is 20.7 Å². The van der Waals surface area contributed by atoms with Crippen LogP contribution in [0.25, 0.3) is 0 Å². The summed E-state index contributed by atoms with van der Waals surface area (Å²) >= 11 is 3.27. The van der Waals surface area contributed by atoms with Crippen molar-refractivity contribution < 1.29 is 13.2 Å². The molecule has 0 amide bonds. The summed E-state index contributed by atoms with van der Waals surface area (Å²) in [5, 5.41) is 0. The smallest absolute Gasteiger partial charge is 0.242 e. The maximum atomic E-state index is 12.6. The standard InChI is InChI=1S/C14H23BrN2O3S/c1-10(2)8-14(3,9-16)17-21(18,19)13-7-11(20-4)5-6-12(13)15/h5-7,10,17H,8-9,16H2,1-4H3. The van der Waals surface area contributed by atoms with E-state index in [1.807, 2.05) is 20.8 Å². The Morgan fingerprint density at radius 2 is 2.05 bits per heavy atom. The molecule has 1 unspecified atom stereocenters. The third-order valence-corrected chi connectivity index (χ3v) is 5.75. The second-order valence-corrected chi connectivity index (χ2v) is 8.27. The number of hydrogen-bond donors (Lipinski definition) is 2. The molecule has 1 aromatic carbocycles. The number of ether oxygens (including phenoxy) is 1. The molecule has 0 aliphatic carbocycles. The zero-order valence-electron chi connectivity index (χ0n) is 12.8. The summed E-state index contributed by atoms with van der Waals surface area (Å²) in [6.07, 6.45) is 0.657. The molecule has 7 heteroatoms. The van der Waals surface area contributed by atoms with Crippen molar-refractivity contribution in [3.8, 4) is 5.75 Å². The van der Waals surface area contributed by atoms with Gasteiger partial charge in [0.2, 0.25) is 10.0 Å². The maximum absolute atomic E-state index is 12.6. The van der Waals surface area contributed by atoms with Gasteiger partial charge in [-0.1, -0.05) is 13.8 Å². The van der Waals surface area contributed by atoms with Crippen LogP contribution in [0.3, 0.4) is 0 Å². The lowest BCUT2D eigenvalue weighted by molar-refractivity contribution is 0.344.